The molecule has 6 nitrogen and oxygen atoms in total. The Balaban J connectivity index is 1.79. The molecular formula is C20H24N2O4. The maximum atomic E-state index is 12.1. The van der Waals surface area contributed by atoms with Crippen molar-refractivity contribution in [2.45, 2.75) is 33.8 Å². The molecule has 0 radical (unpaired) electrons. The molecule has 2 N–H and O–H groups in total. The van der Waals surface area contributed by atoms with Gasteiger partial charge in [0.05, 0.1) is 0 Å². The third-order valence-corrected chi connectivity index (χ3v) is 4.01. The molecule has 0 saturated heterocycles. The number of carbonyl (C=O) groups excluding carboxylic acids is 2. The summed E-state index contributed by atoms with van der Waals surface area (Å²) in [5.74, 6) is 0.359. The first kappa shape index (κ1) is 19.3. The van der Waals surface area contributed by atoms with Crippen molar-refractivity contribution in [1.29, 1.82) is 0 Å². The number of amides is 2. The van der Waals surface area contributed by atoms with E-state index in [4.69, 9.17) is 9.47 Å². The van der Waals surface area contributed by atoms with Crippen molar-refractivity contribution in [3.63, 3.8) is 0 Å². The van der Waals surface area contributed by atoms with Crippen LogP contribution in [0.25, 0.3) is 0 Å². The van der Waals surface area contributed by atoms with Crippen LogP contribution in [-0.4, -0.2) is 24.5 Å². The SMILES string of the molecule is Cc1ccccc1OCC(=O)NNC(=O)[C@@H](C)Oc1cccc(C)c1C. The van der Waals surface area contributed by atoms with Gasteiger partial charge < -0.3 is 9.47 Å². The molecule has 0 aliphatic heterocycles. The van der Waals surface area contributed by atoms with E-state index in [1.807, 2.05) is 51.1 Å². The van der Waals surface area contributed by atoms with E-state index in [9.17, 15) is 9.59 Å². The molecule has 0 bridgehead atoms. The number of ether oxygens (including phenoxy) is 2. The van der Waals surface area contributed by atoms with Crippen molar-refractivity contribution in [2.75, 3.05) is 6.61 Å². The second kappa shape index (κ2) is 8.89. The second-order valence-electron chi connectivity index (χ2n) is 6.05. The number of nitrogens with one attached hydrogen (secondary N) is 2. The van der Waals surface area contributed by atoms with Crippen LogP contribution < -0.4 is 20.3 Å². The monoisotopic (exact) mass is 356 g/mol. The number of benzene rings is 2. The zero-order valence-electron chi connectivity index (χ0n) is 15.5. The van der Waals surface area contributed by atoms with Gasteiger partial charge in [-0.25, -0.2) is 0 Å². The predicted molar refractivity (Wildman–Crippen MR) is 99.0 cm³/mol. The lowest BCUT2D eigenvalue weighted by Gasteiger charge is -2.17. The van der Waals surface area contributed by atoms with Crippen molar-refractivity contribution >= 4 is 11.8 Å². The van der Waals surface area contributed by atoms with Gasteiger partial charge in [-0.3, -0.25) is 20.4 Å². The highest BCUT2D eigenvalue weighted by molar-refractivity contribution is 5.85. The number of rotatable bonds is 6. The van der Waals surface area contributed by atoms with Gasteiger partial charge in [0.2, 0.25) is 0 Å². The van der Waals surface area contributed by atoms with Gasteiger partial charge in [0.15, 0.2) is 12.7 Å². The van der Waals surface area contributed by atoms with Gasteiger partial charge in [0.1, 0.15) is 11.5 Å². The molecule has 2 aromatic carbocycles. The van der Waals surface area contributed by atoms with Crippen molar-refractivity contribution in [3.05, 3.63) is 59.2 Å². The summed E-state index contributed by atoms with van der Waals surface area (Å²) in [6.45, 7) is 7.22. The van der Waals surface area contributed by atoms with Crippen molar-refractivity contribution < 1.29 is 19.1 Å². The third-order valence-electron chi connectivity index (χ3n) is 4.01. The molecule has 6 heteroatoms. The summed E-state index contributed by atoms with van der Waals surface area (Å²) >= 11 is 0. The van der Waals surface area contributed by atoms with Gasteiger partial charge in [0, 0.05) is 0 Å². The first-order valence-electron chi connectivity index (χ1n) is 8.38. The van der Waals surface area contributed by atoms with Crippen molar-refractivity contribution in [2.24, 2.45) is 0 Å². The minimum absolute atomic E-state index is 0.197. The third kappa shape index (κ3) is 5.24. The van der Waals surface area contributed by atoms with Gasteiger partial charge in [-0.2, -0.15) is 0 Å². The fourth-order valence-electron chi connectivity index (χ4n) is 2.23. The van der Waals surface area contributed by atoms with Crippen LogP contribution >= 0.6 is 0 Å². The minimum atomic E-state index is -0.756. The Kier molecular flexibility index (Phi) is 6.60. The van der Waals surface area contributed by atoms with E-state index in [-0.39, 0.29) is 6.61 Å². The predicted octanol–water partition coefficient (Wildman–Crippen LogP) is 2.61. The van der Waals surface area contributed by atoms with Crippen LogP contribution in [0.3, 0.4) is 0 Å². The number of hydrogen-bond donors (Lipinski definition) is 2. The van der Waals surface area contributed by atoms with Crippen LogP contribution in [0.5, 0.6) is 11.5 Å². The number of para-hydroxylation sites is 1. The highest BCUT2D eigenvalue weighted by atomic mass is 16.5. The average Bonchev–Trinajstić information content (AvgIpc) is 2.62. The van der Waals surface area contributed by atoms with E-state index in [1.165, 1.54) is 0 Å². The van der Waals surface area contributed by atoms with E-state index >= 15 is 0 Å². The zero-order valence-corrected chi connectivity index (χ0v) is 15.5. The van der Waals surface area contributed by atoms with Crippen LogP contribution in [0.4, 0.5) is 0 Å². The molecule has 1 atom stereocenters. The smallest absolute Gasteiger partial charge is 0.279 e. The fraction of sp³-hybridized carbons (Fsp3) is 0.300. The van der Waals surface area contributed by atoms with Crippen LogP contribution in [0.2, 0.25) is 0 Å². The highest BCUT2D eigenvalue weighted by Gasteiger charge is 2.17. The van der Waals surface area contributed by atoms with Gasteiger partial charge in [-0.05, 0) is 56.5 Å². The Bertz CT molecular complexity index is 789. The molecule has 0 saturated carbocycles. The lowest BCUT2D eigenvalue weighted by Crippen LogP contribution is -2.48. The Hall–Kier alpha value is -3.02. The van der Waals surface area contributed by atoms with Crippen LogP contribution in [-0.2, 0) is 9.59 Å². The average molecular weight is 356 g/mol. The Labute approximate surface area is 153 Å². The van der Waals surface area contributed by atoms with Gasteiger partial charge >= 0.3 is 0 Å². The molecule has 0 spiro atoms. The maximum absolute atomic E-state index is 12.1. The van der Waals surface area contributed by atoms with E-state index < -0.39 is 17.9 Å². The molecule has 2 rings (SSSR count). The molecule has 0 fully saturated rings. The standard InChI is InChI=1S/C20H24N2O4/c1-13-9-7-11-18(15(13)3)26-16(4)20(24)22-21-19(23)12-25-17-10-6-5-8-14(17)2/h5-11,16H,12H2,1-4H3,(H,21,23)(H,22,24)/t16-/m1/s1. The van der Waals surface area contributed by atoms with Crippen molar-refractivity contribution in [1.82, 2.24) is 10.9 Å². The van der Waals surface area contributed by atoms with Crippen LogP contribution in [0.15, 0.2) is 42.5 Å². The summed E-state index contributed by atoms with van der Waals surface area (Å²) in [6.07, 6.45) is -0.756. The van der Waals surface area contributed by atoms with Gasteiger partial charge in [-0.1, -0.05) is 30.3 Å². The molecule has 0 unspecified atom stereocenters. The molecule has 26 heavy (non-hydrogen) atoms. The molecule has 0 heterocycles. The maximum Gasteiger partial charge on any atom is 0.279 e. The largest absolute Gasteiger partial charge is 0.483 e. The summed E-state index contributed by atoms with van der Waals surface area (Å²) in [7, 11) is 0. The summed E-state index contributed by atoms with van der Waals surface area (Å²) in [4.78, 5) is 23.9. The van der Waals surface area contributed by atoms with E-state index in [0.717, 1.165) is 16.7 Å². The number of hydrazine groups is 1. The Morgan fingerprint density at radius 2 is 1.58 bits per heavy atom. The molecule has 0 aromatic heterocycles. The zero-order chi connectivity index (χ0) is 19.1. The fourth-order valence-corrected chi connectivity index (χ4v) is 2.23. The molecular weight excluding hydrogens is 332 g/mol. The lowest BCUT2D eigenvalue weighted by molar-refractivity contribution is -0.133. The Morgan fingerprint density at radius 3 is 2.31 bits per heavy atom. The second-order valence-corrected chi connectivity index (χ2v) is 6.05. The minimum Gasteiger partial charge on any atom is -0.483 e. The Morgan fingerprint density at radius 1 is 0.923 bits per heavy atom. The molecule has 2 aromatic rings. The topological polar surface area (TPSA) is 76.7 Å². The number of hydrogen-bond acceptors (Lipinski definition) is 4. The number of carbonyl (C=O) groups is 2. The van der Waals surface area contributed by atoms with Gasteiger partial charge in [-0.15, -0.1) is 0 Å². The first-order chi connectivity index (χ1) is 12.4. The summed E-state index contributed by atoms with van der Waals surface area (Å²) in [5.41, 5.74) is 7.65. The van der Waals surface area contributed by atoms with Crippen LogP contribution in [0, 0.1) is 20.8 Å². The molecule has 138 valence electrons. The highest BCUT2D eigenvalue weighted by Crippen LogP contribution is 2.21. The molecule has 0 aliphatic rings. The molecule has 0 aliphatic carbocycles. The van der Waals surface area contributed by atoms with Gasteiger partial charge in [0.25, 0.3) is 11.8 Å². The summed E-state index contributed by atoms with van der Waals surface area (Å²) < 4.78 is 11.1. The normalized spacial score (nSPS) is 11.4. The van der Waals surface area contributed by atoms with E-state index in [0.29, 0.717) is 11.5 Å². The quantitative estimate of drug-likeness (QED) is 0.780. The molecule has 2 amide bonds. The first-order valence-corrected chi connectivity index (χ1v) is 8.38. The van der Waals surface area contributed by atoms with Crippen LogP contribution in [0.1, 0.15) is 23.6 Å². The lowest BCUT2D eigenvalue weighted by atomic mass is 10.1. The number of aryl methyl sites for hydroxylation is 2. The van der Waals surface area contributed by atoms with Crippen molar-refractivity contribution in [3.8, 4) is 11.5 Å². The summed E-state index contributed by atoms with van der Waals surface area (Å²) in [6, 6.07) is 13.0. The summed E-state index contributed by atoms with van der Waals surface area (Å²) in [5, 5.41) is 0. The van der Waals surface area contributed by atoms with E-state index in [2.05, 4.69) is 10.9 Å². The van der Waals surface area contributed by atoms with E-state index in [1.54, 1.807) is 19.1 Å².